The molecule has 0 unspecified atom stereocenters. The van der Waals surface area contributed by atoms with E-state index < -0.39 is 0 Å². The highest BCUT2D eigenvalue weighted by atomic mass is 35.5. The molecule has 0 radical (unpaired) electrons. The highest BCUT2D eigenvalue weighted by Gasteiger charge is 2.16. The van der Waals surface area contributed by atoms with E-state index >= 15 is 0 Å². The Kier molecular flexibility index (Phi) is 7.49. The molecule has 2 N–H and O–H groups in total. The van der Waals surface area contributed by atoms with E-state index in [1.165, 1.54) is 0 Å². The molecule has 2 amide bonds. The van der Waals surface area contributed by atoms with E-state index in [1.807, 2.05) is 13.8 Å². The molecular weight excluding hydrogens is 368 g/mol. The number of nitrogens with one attached hydrogen (secondary N) is 2. The molecule has 2 rings (SSSR count). The normalized spacial score (nSPS) is 10.2. The Balaban J connectivity index is 2.21. The zero-order valence-electron chi connectivity index (χ0n) is 15.6. The number of carbonyl (C=O) groups excluding carboxylic acids is 2. The fraction of sp³-hybridized carbons (Fsp3) is 0.300. The van der Waals surface area contributed by atoms with Gasteiger partial charge in [-0.25, -0.2) is 0 Å². The molecule has 27 heavy (non-hydrogen) atoms. The van der Waals surface area contributed by atoms with Crippen LogP contribution >= 0.6 is 11.6 Å². The van der Waals surface area contributed by atoms with Crippen molar-refractivity contribution in [3.63, 3.8) is 0 Å². The lowest BCUT2D eigenvalue weighted by Gasteiger charge is -2.15. The van der Waals surface area contributed by atoms with Gasteiger partial charge in [0.15, 0.2) is 11.5 Å². The molecule has 0 heterocycles. The van der Waals surface area contributed by atoms with Crippen molar-refractivity contribution >= 4 is 29.1 Å². The topological polar surface area (TPSA) is 76.7 Å². The largest absolute Gasteiger partial charge is 0.490 e. The summed E-state index contributed by atoms with van der Waals surface area (Å²) in [7, 11) is 1.56. The van der Waals surface area contributed by atoms with Crippen LogP contribution < -0.4 is 20.1 Å². The van der Waals surface area contributed by atoms with Crippen LogP contribution in [-0.4, -0.2) is 32.1 Å². The highest BCUT2D eigenvalue weighted by molar-refractivity contribution is 6.32. The first-order valence-corrected chi connectivity index (χ1v) is 9.10. The summed E-state index contributed by atoms with van der Waals surface area (Å²) >= 11 is 6.30. The van der Waals surface area contributed by atoms with Crippen LogP contribution in [0.2, 0.25) is 5.02 Å². The van der Waals surface area contributed by atoms with Crippen LogP contribution in [0.3, 0.4) is 0 Å². The van der Waals surface area contributed by atoms with Gasteiger partial charge in [0, 0.05) is 23.9 Å². The van der Waals surface area contributed by atoms with Crippen LogP contribution in [-0.2, 0) is 0 Å². The lowest BCUT2D eigenvalue weighted by Crippen LogP contribution is -2.18. The molecule has 0 aliphatic rings. The number of benzene rings is 2. The zero-order valence-corrected chi connectivity index (χ0v) is 16.4. The van der Waals surface area contributed by atoms with Gasteiger partial charge in [0.05, 0.1) is 18.2 Å². The van der Waals surface area contributed by atoms with Crippen molar-refractivity contribution < 1.29 is 19.1 Å². The average Bonchev–Trinajstić information content (AvgIpc) is 2.67. The van der Waals surface area contributed by atoms with Gasteiger partial charge in [-0.15, -0.1) is 0 Å². The first-order valence-electron chi connectivity index (χ1n) is 8.72. The predicted octanol–water partition coefficient (Wildman–Crippen LogP) is 4.14. The van der Waals surface area contributed by atoms with Crippen molar-refractivity contribution in [3.8, 4) is 11.5 Å². The van der Waals surface area contributed by atoms with Gasteiger partial charge in [-0.1, -0.05) is 18.5 Å². The number of halogens is 1. The minimum absolute atomic E-state index is 0.191. The molecule has 0 atom stereocenters. The van der Waals surface area contributed by atoms with Crippen LogP contribution in [0.1, 0.15) is 41.0 Å². The van der Waals surface area contributed by atoms with Crippen LogP contribution in [0.15, 0.2) is 36.4 Å². The maximum atomic E-state index is 12.6. The van der Waals surface area contributed by atoms with Crippen molar-refractivity contribution in [2.75, 3.05) is 25.6 Å². The van der Waals surface area contributed by atoms with Crippen molar-refractivity contribution in [2.45, 2.75) is 20.3 Å². The number of carbonyl (C=O) groups is 2. The summed E-state index contributed by atoms with van der Waals surface area (Å²) in [5.74, 6) is 0.335. The quantitative estimate of drug-likeness (QED) is 0.710. The third-order valence-electron chi connectivity index (χ3n) is 3.65. The number of hydrogen-bond donors (Lipinski definition) is 2. The summed E-state index contributed by atoms with van der Waals surface area (Å²) < 4.78 is 11.2. The number of hydrogen-bond acceptors (Lipinski definition) is 4. The number of ether oxygens (including phenoxy) is 2. The van der Waals surface area contributed by atoms with Gasteiger partial charge in [-0.05, 0) is 49.7 Å². The minimum Gasteiger partial charge on any atom is -0.490 e. The summed E-state index contributed by atoms with van der Waals surface area (Å²) in [5, 5.41) is 5.64. The molecule has 144 valence electrons. The standard InChI is InChI=1S/C20H23ClN2O4/c1-4-10-27-18-16(21)11-14(12-17(18)26-5-2)20(25)23-15-8-6-13(7-9-15)19(24)22-3/h6-9,11-12H,4-5,10H2,1-3H3,(H,22,24)(H,23,25). The molecule has 2 aromatic rings. The van der Waals surface area contributed by atoms with Crippen LogP contribution in [0.4, 0.5) is 5.69 Å². The summed E-state index contributed by atoms with van der Waals surface area (Å²) in [4.78, 5) is 24.2. The fourth-order valence-corrected chi connectivity index (χ4v) is 2.62. The highest BCUT2D eigenvalue weighted by Crippen LogP contribution is 2.37. The van der Waals surface area contributed by atoms with Crippen molar-refractivity contribution in [1.82, 2.24) is 5.32 Å². The van der Waals surface area contributed by atoms with Gasteiger partial charge < -0.3 is 20.1 Å². The Morgan fingerprint density at radius 2 is 1.70 bits per heavy atom. The summed E-state index contributed by atoms with van der Waals surface area (Å²) in [6, 6.07) is 9.74. The van der Waals surface area contributed by atoms with Gasteiger partial charge in [-0.2, -0.15) is 0 Å². The van der Waals surface area contributed by atoms with E-state index in [4.69, 9.17) is 21.1 Å². The first-order chi connectivity index (χ1) is 13.0. The molecule has 0 saturated carbocycles. The summed E-state index contributed by atoms with van der Waals surface area (Å²) in [5.41, 5.74) is 1.42. The third kappa shape index (κ3) is 5.37. The molecule has 0 bridgehead atoms. The lowest BCUT2D eigenvalue weighted by molar-refractivity contribution is 0.0962. The van der Waals surface area contributed by atoms with Gasteiger partial charge in [0.2, 0.25) is 0 Å². The Labute approximate surface area is 163 Å². The number of rotatable bonds is 8. The van der Waals surface area contributed by atoms with Crippen molar-refractivity contribution in [2.24, 2.45) is 0 Å². The van der Waals surface area contributed by atoms with Crippen LogP contribution in [0, 0.1) is 0 Å². The molecule has 7 heteroatoms. The molecule has 0 aromatic heterocycles. The Hall–Kier alpha value is -2.73. The fourth-order valence-electron chi connectivity index (χ4n) is 2.36. The average molecular weight is 391 g/mol. The Morgan fingerprint density at radius 1 is 1.00 bits per heavy atom. The molecule has 2 aromatic carbocycles. The second-order valence-corrected chi connectivity index (χ2v) is 6.08. The monoisotopic (exact) mass is 390 g/mol. The van der Waals surface area contributed by atoms with E-state index in [2.05, 4.69) is 10.6 Å². The van der Waals surface area contributed by atoms with Gasteiger partial charge in [0.1, 0.15) is 0 Å². The number of anilines is 1. The molecule has 0 spiro atoms. The zero-order chi connectivity index (χ0) is 19.8. The lowest BCUT2D eigenvalue weighted by atomic mass is 10.1. The molecule has 0 aliphatic heterocycles. The summed E-state index contributed by atoms with van der Waals surface area (Å²) in [6.07, 6.45) is 0.830. The molecule has 0 aliphatic carbocycles. The SMILES string of the molecule is CCCOc1c(Cl)cc(C(=O)Nc2ccc(C(=O)NC)cc2)cc1OCC. The smallest absolute Gasteiger partial charge is 0.255 e. The van der Waals surface area contributed by atoms with Gasteiger partial charge >= 0.3 is 0 Å². The van der Waals surface area contributed by atoms with Gasteiger partial charge in [-0.3, -0.25) is 9.59 Å². The van der Waals surface area contributed by atoms with Crippen molar-refractivity contribution in [3.05, 3.63) is 52.5 Å². The van der Waals surface area contributed by atoms with Crippen LogP contribution in [0.5, 0.6) is 11.5 Å². The maximum Gasteiger partial charge on any atom is 0.255 e. The minimum atomic E-state index is -0.340. The second-order valence-electron chi connectivity index (χ2n) is 5.68. The molecule has 0 saturated heterocycles. The summed E-state index contributed by atoms with van der Waals surface area (Å²) in [6.45, 7) is 4.76. The first kappa shape index (κ1) is 20.6. The van der Waals surface area contributed by atoms with E-state index in [1.54, 1.807) is 43.4 Å². The third-order valence-corrected chi connectivity index (χ3v) is 3.93. The molecular formula is C20H23ClN2O4. The number of amides is 2. The molecule has 0 fully saturated rings. The van der Waals surface area contributed by atoms with Crippen LogP contribution in [0.25, 0.3) is 0 Å². The predicted molar refractivity (Wildman–Crippen MR) is 106 cm³/mol. The van der Waals surface area contributed by atoms with E-state index in [0.717, 1.165) is 6.42 Å². The Morgan fingerprint density at radius 3 is 2.30 bits per heavy atom. The van der Waals surface area contributed by atoms with E-state index in [-0.39, 0.29) is 11.8 Å². The van der Waals surface area contributed by atoms with E-state index in [0.29, 0.717) is 46.5 Å². The molecule has 6 nitrogen and oxygen atoms in total. The Bertz CT molecular complexity index is 806. The van der Waals surface area contributed by atoms with E-state index in [9.17, 15) is 9.59 Å². The van der Waals surface area contributed by atoms with Crippen molar-refractivity contribution in [1.29, 1.82) is 0 Å². The van der Waals surface area contributed by atoms with Gasteiger partial charge in [0.25, 0.3) is 11.8 Å². The second kappa shape index (κ2) is 9.83. The maximum absolute atomic E-state index is 12.6.